The summed E-state index contributed by atoms with van der Waals surface area (Å²) in [5.41, 5.74) is 6.97. The first kappa shape index (κ1) is 11.5. The van der Waals surface area contributed by atoms with E-state index in [4.69, 9.17) is 5.73 Å². The lowest BCUT2D eigenvalue weighted by molar-refractivity contribution is 1.12. The third kappa shape index (κ3) is 2.95. The van der Waals surface area contributed by atoms with Crippen LogP contribution < -0.4 is 5.73 Å². The molecule has 5 nitrogen and oxygen atoms in total. The first-order valence-corrected chi connectivity index (χ1v) is 5.41. The molecule has 80 valence electrons. The lowest BCUT2D eigenvalue weighted by atomic mass is 10.4. The Morgan fingerprint density at radius 3 is 2.40 bits per heavy atom. The number of rotatable bonds is 1. The highest BCUT2D eigenvalue weighted by Gasteiger charge is 2.04. The smallest absolute Gasteiger partial charge is 0.232 e. The Kier molecular flexibility index (Phi) is 4.11. The number of aromatic nitrogens is 4. The summed E-state index contributed by atoms with van der Waals surface area (Å²) in [5.74, 6) is 0.280. The molecule has 15 heavy (non-hydrogen) atoms. The molecule has 0 aromatic carbocycles. The third-order valence-corrected chi connectivity index (χ3v) is 2.19. The Morgan fingerprint density at radius 2 is 1.93 bits per heavy atom. The van der Waals surface area contributed by atoms with Crippen molar-refractivity contribution in [1.29, 1.82) is 0 Å². The molecule has 2 heterocycles. The molecule has 0 bridgehead atoms. The summed E-state index contributed by atoms with van der Waals surface area (Å²) in [7, 11) is 0. The van der Waals surface area contributed by atoms with Crippen molar-refractivity contribution in [1.82, 2.24) is 19.3 Å². The van der Waals surface area contributed by atoms with E-state index >= 15 is 0 Å². The first-order valence-electron chi connectivity index (χ1n) is 4.64. The van der Waals surface area contributed by atoms with Crippen LogP contribution in [0.1, 0.15) is 19.5 Å². The topological polar surface area (TPSA) is 77.6 Å². The van der Waals surface area contributed by atoms with Crippen LogP contribution in [0.4, 0.5) is 5.95 Å². The highest BCUT2D eigenvalue weighted by Crippen LogP contribution is 2.18. The summed E-state index contributed by atoms with van der Waals surface area (Å²) in [4.78, 5) is 12.2. The van der Waals surface area contributed by atoms with Crippen molar-refractivity contribution in [3.8, 4) is 10.7 Å². The van der Waals surface area contributed by atoms with Crippen molar-refractivity contribution in [2.24, 2.45) is 0 Å². The van der Waals surface area contributed by atoms with Crippen LogP contribution in [0.25, 0.3) is 10.7 Å². The first-order chi connectivity index (χ1) is 7.25. The number of anilines is 1. The van der Waals surface area contributed by atoms with Gasteiger partial charge >= 0.3 is 0 Å². The molecule has 0 spiro atoms. The second kappa shape index (κ2) is 5.35. The summed E-state index contributed by atoms with van der Waals surface area (Å²) in [6.07, 6.45) is 3.35. The van der Waals surface area contributed by atoms with Gasteiger partial charge in [0.25, 0.3) is 0 Å². The summed E-state index contributed by atoms with van der Waals surface area (Å²) in [6.45, 7) is 5.88. The summed E-state index contributed by atoms with van der Waals surface area (Å²) < 4.78 is 3.86. The molecule has 2 aromatic rings. The largest absolute Gasteiger partial charge is 0.367 e. The maximum absolute atomic E-state index is 5.39. The molecule has 0 atom stereocenters. The van der Waals surface area contributed by atoms with Crippen LogP contribution in [-0.2, 0) is 0 Å². The maximum Gasteiger partial charge on any atom is 0.232 e. The van der Waals surface area contributed by atoms with Crippen molar-refractivity contribution >= 4 is 17.5 Å². The number of aryl methyl sites for hydroxylation is 1. The van der Waals surface area contributed by atoms with Crippen LogP contribution in [0, 0.1) is 6.92 Å². The van der Waals surface area contributed by atoms with Crippen LogP contribution in [0.3, 0.4) is 0 Å². The van der Waals surface area contributed by atoms with Gasteiger partial charge < -0.3 is 5.73 Å². The van der Waals surface area contributed by atoms with E-state index in [9.17, 15) is 0 Å². The van der Waals surface area contributed by atoms with Gasteiger partial charge in [0.05, 0.1) is 11.9 Å². The molecule has 2 N–H and O–H groups in total. The van der Waals surface area contributed by atoms with Crippen molar-refractivity contribution in [3.05, 3.63) is 18.1 Å². The van der Waals surface area contributed by atoms with E-state index in [1.54, 1.807) is 12.4 Å². The highest BCUT2D eigenvalue weighted by molar-refractivity contribution is 7.09. The van der Waals surface area contributed by atoms with Crippen LogP contribution >= 0.6 is 11.5 Å². The zero-order valence-electron chi connectivity index (χ0n) is 8.93. The molecule has 2 aromatic heterocycles. The van der Waals surface area contributed by atoms with E-state index in [-0.39, 0.29) is 5.95 Å². The van der Waals surface area contributed by atoms with Crippen molar-refractivity contribution in [2.45, 2.75) is 20.8 Å². The van der Waals surface area contributed by atoms with Crippen molar-refractivity contribution < 1.29 is 0 Å². The van der Waals surface area contributed by atoms with Gasteiger partial charge in [0.2, 0.25) is 5.95 Å². The van der Waals surface area contributed by atoms with Crippen molar-refractivity contribution in [2.75, 3.05) is 5.73 Å². The van der Waals surface area contributed by atoms with E-state index in [1.807, 2.05) is 20.8 Å². The molecule has 0 aliphatic rings. The Morgan fingerprint density at radius 1 is 1.20 bits per heavy atom. The second-order valence-corrected chi connectivity index (χ2v) is 3.25. The number of nitrogen functional groups attached to an aromatic ring is 1. The Labute approximate surface area is 92.6 Å². The average molecular weight is 223 g/mol. The number of hydrogen-bond donors (Lipinski definition) is 1. The van der Waals surface area contributed by atoms with Gasteiger partial charge in [-0.25, -0.2) is 0 Å². The molecule has 2 rings (SSSR count). The predicted molar refractivity (Wildman–Crippen MR) is 61.4 cm³/mol. The summed E-state index contributed by atoms with van der Waals surface area (Å²) >= 11 is 1.22. The van der Waals surface area contributed by atoms with E-state index in [1.165, 1.54) is 11.5 Å². The Balaban J connectivity index is 0.000000531. The van der Waals surface area contributed by atoms with Gasteiger partial charge in [0.15, 0.2) is 5.01 Å². The van der Waals surface area contributed by atoms with E-state index in [0.29, 0.717) is 10.7 Å². The molecule has 0 amide bonds. The molecule has 0 radical (unpaired) electrons. The van der Waals surface area contributed by atoms with Crippen LogP contribution in [0.15, 0.2) is 12.4 Å². The quantitative estimate of drug-likeness (QED) is 0.799. The zero-order valence-corrected chi connectivity index (χ0v) is 9.75. The van der Waals surface area contributed by atoms with Gasteiger partial charge in [-0.1, -0.05) is 13.8 Å². The van der Waals surface area contributed by atoms with Gasteiger partial charge in [-0.2, -0.15) is 9.36 Å². The highest BCUT2D eigenvalue weighted by atomic mass is 32.1. The summed E-state index contributed by atoms with van der Waals surface area (Å²) in [5, 5.41) is 0.699. The molecule has 0 fully saturated rings. The van der Waals surface area contributed by atoms with Crippen LogP contribution in [0.2, 0.25) is 0 Å². The minimum absolute atomic E-state index is 0.280. The number of hydrogen-bond acceptors (Lipinski definition) is 6. The average Bonchev–Trinajstić information content (AvgIpc) is 2.69. The fourth-order valence-electron chi connectivity index (χ4n) is 0.842. The second-order valence-electron chi connectivity index (χ2n) is 2.50. The molecule has 0 saturated carbocycles. The molecular formula is C9H13N5S. The van der Waals surface area contributed by atoms with Gasteiger partial charge in [-0.15, -0.1) is 0 Å². The molecule has 0 aliphatic heterocycles. The fourth-order valence-corrected chi connectivity index (χ4v) is 1.40. The van der Waals surface area contributed by atoms with Gasteiger partial charge in [-0.05, 0) is 18.5 Å². The minimum atomic E-state index is 0.280. The minimum Gasteiger partial charge on any atom is -0.367 e. The van der Waals surface area contributed by atoms with Crippen molar-refractivity contribution in [3.63, 3.8) is 0 Å². The normalized spacial score (nSPS) is 9.27. The Bertz CT molecular complexity index is 409. The number of nitrogens with two attached hydrogens (primary N) is 1. The molecule has 6 heteroatoms. The third-order valence-electron chi connectivity index (χ3n) is 1.44. The fraction of sp³-hybridized carbons (Fsp3) is 0.333. The van der Waals surface area contributed by atoms with Gasteiger partial charge in [0.1, 0.15) is 5.69 Å². The molecule has 0 saturated heterocycles. The van der Waals surface area contributed by atoms with Crippen LogP contribution in [0.5, 0.6) is 0 Å². The standard InChI is InChI=1S/C7H7N5S.C2H6/c1-4-2-10-5(3-9-4)6-11-7(8)12-13-6;1-2/h2-3H,1H3,(H2,8,12);1-2H3. The molecule has 0 unspecified atom stereocenters. The van der Waals surface area contributed by atoms with Gasteiger partial charge in [0, 0.05) is 6.20 Å². The van der Waals surface area contributed by atoms with E-state index in [0.717, 1.165) is 5.69 Å². The molecular weight excluding hydrogens is 210 g/mol. The van der Waals surface area contributed by atoms with Gasteiger partial charge in [-0.3, -0.25) is 9.97 Å². The van der Waals surface area contributed by atoms with E-state index in [2.05, 4.69) is 19.3 Å². The SMILES string of the molecule is CC.Cc1cnc(-c2nc(N)ns2)cn1. The summed E-state index contributed by atoms with van der Waals surface area (Å²) in [6, 6.07) is 0. The monoisotopic (exact) mass is 223 g/mol. The Hall–Kier alpha value is -1.56. The molecule has 0 aliphatic carbocycles. The lowest BCUT2D eigenvalue weighted by Gasteiger charge is -1.93. The maximum atomic E-state index is 5.39. The zero-order chi connectivity index (χ0) is 11.3. The number of nitrogens with zero attached hydrogens (tertiary/aromatic N) is 4. The lowest BCUT2D eigenvalue weighted by Crippen LogP contribution is -1.89. The van der Waals surface area contributed by atoms with Crippen LogP contribution in [-0.4, -0.2) is 19.3 Å². The predicted octanol–water partition coefficient (Wildman–Crippen LogP) is 1.91. The van der Waals surface area contributed by atoms with E-state index < -0.39 is 0 Å².